The van der Waals surface area contributed by atoms with E-state index in [4.69, 9.17) is 0 Å². The molecule has 1 aliphatic carbocycles. The Balaban J connectivity index is 1.49. The minimum Gasteiger partial charge on any atom is -0.337 e. The van der Waals surface area contributed by atoms with Crippen molar-refractivity contribution in [3.8, 4) is 10.7 Å². The summed E-state index contributed by atoms with van der Waals surface area (Å²) >= 11 is 1.55. The molecule has 2 aromatic heterocycles. The first-order valence-electron chi connectivity index (χ1n) is 8.91. The second-order valence-corrected chi connectivity index (χ2v) is 7.94. The van der Waals surface area contributed by atoms with Crippen LogP contribution in [0.3, 0.4) is 0 Å². The number of amides is 1. The van der Waals surface area contributed by atoms with E-state index in [2.05, 4.69) is 27.1 Å². The van der Waals surface area contributed by atoms with Crippen molar-refractivity contribution in [3.05, 3.63) is 54.5 Å². The first-order chi connectivity index (χ1) is 12.8. The Labute approximate surface area is 155 Å². The third-order valence-electron chi connectivity index (χ3n) is 5.31. The molecule has 1 amide bonds. The number of carbonyl (C=O) groups excluding carboxylic acids is 1. The average molecular weight is 362 g/mol. The molecule has 0 bridgehead atoms. The zero-order valence-corrected chi connectivity index (χ0v) is 15.0. The maximum absolute atomic E-state index is 13.2. The maximum Gasteiger partial charge on any atom is 0.274 e. The van der Waals surface area contributed by atoms with Crippen molar-refractivity contribution < 1.29 is 4.79 Å². The van der Waals surface area contributed by atoms with Crippen LogP contribution in [-0.2, 0) is 0 Å². The van der Waals surface area contributed by atoms with E-state index in [0.717, 1.165) is 41.2 Å². The van der Waals surface area contributed by atoms with Crippen LogP contribution < -0.4 is 0 Å². The number of allylic oxidation sites excluding steroid dienone is 2. The molecule has 26 heavy (non-hydrogen) atoms. The van der Waals surface area contributed by atoms with Crippen LogP contribution in [0.2, 0.25) is 0 Å². The van der Waals surface area contributed by atoms with Crippen molar-refractivity contribution in [2.75, 3.05) is 13.1 Å². The summed E-state index contributed by atoms with van der Waals surface area (Å²) in [5.74, 6) is 1.12. The zero-order chi connectivity index (χ0) is 17.5. The van der Waals surface area contributed by atoms with Gasteiger partial charge in [0.25, 0.3) is 5.91 Å². The van der Waals surface area contributed by atoms with Crippen LogP contribution in [0.4, 0.5) is 0 Å². The molecule has 0 spiro atoms. The summed E-state index contributed by atoms with van der Waals surface area (Å²) in [6.45, 7) is 1.62. The number of nitrogens with zero attached hydrogens (tertiary/aromatic N) is 4. The molecule has 1 fully saturated rings. The number of likely N-dealkylation sites (tertiary alicyclic amines) is 1. The van der Waals surface area contributed by atoms with Crippen molar-refractivity contribution in [1.82, 2.24) is 19.9 Å². The molecule has 3 heterocycles. The lowest BCUT2D eigenvalue weighted by molar-refractivity contribution is 0.0779. The van der Waals surface area contributed by atoms with Gasteiger partial charge in [-0.1, -0.05) is 24.3 Å². The van der Waals surface area contributed by atoms with E-state index in [9.17, 15) is 4.79 Å². The Morgan fingerprint density at radius 2 is 1.77 bits per heavy atom. The van der Waals surface area contributed by atoms with Crippen molar-refractivity contribution in [1.29, 1.82) is 0 Å². The molecule has 1 aromatic carbocycles. The lowest BCUT2D eigenvalue weighted by Crippen LogP contribution is -2.30. The molecule has 0 saturated carbocycles. The van der Waals surface area contributed by atoms with Crippen molar-refractivity contribution >= 4 is 27.5 Å². The van der Waals surface area contributed by atoms with Gasteiger partial charge in [-0.25, -0.2) is 15.0 Å². The highest BCUT2D eigenvalue weighted by molar-refractivity contribution is 7.21. The SMILES string of the molecule is O=C(c1nccnc1-c1nc2ccccc2s1)N1C[C@H]2CC=CC[C@H]2C1. The van der Waals surface area contributed by atoms with Gasteiger partial charge in [-0.2, -0.15) is 0 Å². The van der Waals surface area contributed by atoms with Gasteiger partial charge >= 0.3 is 0 Å². The van der Waals surface area contributed by atoms with Gasteiger partial charge < -0.3 is 4.90 Å². The molecule has 0 radical (unpaired) electrons. The van der Waals surface area contributed by atoms with Gasteiger partial charge in [0.1, 0.15) is 10.7 Å². The molecule has 5 rings (SSSR count). The lowest BCUT2D eigenvalue weighted by atomic mass is 9.86. The zero-order valence-electron chi connectivity index (χ0n) is 14.2. The minimum absolute atomic E-state index is 0.0262. The summed E-state index contributed by atoms with van der Waals surface area (Å²) in [6, 6.07) is 7.97. The van der Waals surface area contributed by atoms with Crippen molar-refractivity contribution in [2.45, 2.75) is 12.8 Å². The van der Waals surface area contributed by atoms with Gasteiger partial charge in [-0.15, -0.1) is 11.3 Å². The molecule has 1 saturated heterocycles. The van der Waals surface area contributed by atoms with E-state index < -0.39 is 0 Å². The van der Waals surface area contributed by atoms with Gasteiger partial charge in [0.15, 0.2) is 5.69 Å². The second-order valence-electron chi connectivity index (χ2n) is 6.91. The number of thiazole rings is 1. The van der Waals surface area contributed by atoms with Gasteiger partial charge in [0.2, 0.25) is 0 Å². The molecular weight excluding hydrogens is 344 g/mol. The molecule has 2 atom stereocenters. The van der Waals surface area contributed by atoms with Crippen LogP contribution in [-0.4, -0.2) is 38.8 Å². The number of para-hydroxylation sites is 1. The van der Waals surface area contributed by atoms with Crippen molar-refractivity contribution in [2.24, 2.45) is 11.8 Å². The number of hydrogen-bond donors (Lipinski definition) is 0. The molecule has 130 valence electrons. The van der Waals surface area contributed by atoms with Crippen LogP contribution in [0.5, 0.6) is 0 Å². The number of fused-ring (bicyclic) bond motifs is 2. The van der Waals surface area contributed by atoms with E-state index in [1.807, 2.05) is 29.2 Å². The molecule has 0 unspecified atom stereocenters. The smallest absolute Gasteiger partial charge is 0.274 e. The van der Waals surface area contributed by atoms with Crippen LogP contribution >= 0.6 is 11.3 Å². The summed E-state index contributed by atoms with van der Waals surface area (Å²) in [5.41, 5.74) is 1.93. The Morgan fingerprint density at radius 3 is 2.54 bits per heavy atom. The minimum atomic E-state index is -0.0262. The highest BCUT2D eigenvalue weighted by Gasteiger charge is 2.36. The van der Waals surface area contributed by atoms with E-state index in [-0.39, 0.29) is 5.91 Å². The summed E-state index contributed by atoms with van der Waals surface area (Å²) in [4.78, 5) is 28.6. The van der Waals surface area contributed by atoms with Crippen LogP contribution in [0, 0.1) is 11.8 Å². The number of aromatic nitrogens is 3. The van der Waals surface area contributed by atoms with Gasteiger partial charge in [-0.3, -0.25) is 4.79 Å². The van der Waals surface area contributed by atoms with Crippen molar-refractivity contribution in [3.63, 3.8) is 0 Å². The van der Waals surface area contributed by atoms with Gasteiger partial charge in [-0.05, 0) is 36.8 Å². The predicted octanol–water partition coefficient (Wildman–Crippen LogP) is 3.79. The van der Waals surface area contributed by atoms with Crippen LogP contribution in [0.25, 0.3) is 20.9 Å². The van der Waals surface area contributed by atoms with Gasteiger partial charge in [0.05, 0.1) is 10.2 Å². The first-order valence-corrected chi connectivity index (χ1v) is 9.72. The molecule has 0 N–H and O–H groups in total. The van der Waals surface area contributed by atoms with E-state index >= 15 is 0 Å². The summed E-state index contributed by atoms with van der Waals surface area (Å²) in [6.07, 6.45) is 9.84. The van der Waals surface area contributed by atoms with Gasteiger partial charge in [0, 0.05) is 25.5 Å². The number of carbonyl (C=O) groups is 1. The second kappa shape index (κ2) is 6.29. The number of hydrogen-bond acceptors (Lipinski definition) is 5. The van der Waals surface area contributed by atoms with E-state index in [1.165, 1.54) is 0 Å². The number of benzene rings is 1. The molecule has 6 heteroatoms. The fourth-order valence-corrected chi connectivity index (χ4v) is 4.92. The summed E-state index contributed by atoms with van der Waals surface area (Å²) in [5, 5.41) is 0.751. The normalized spacial score (nSPS) is 21.9. The van der Waals surface area contributed by atoms with E-state index in [0.29, 0.717) is 23.2 Å². The molecule has 2 aliphatic rings. The predicted molar refractivity (Wildman–Crippen MR) is 102 cm³/mol. The molecule has 1 aliphatic heterocycles. The molecule has 5 nitrogen and oxygen atoms in total. The highest BCUT2D eigenvalue weighted by Crippen LogP contribution is 2.35. The third-order valence-corrected chi connectivity index (χ3v) is 6.35. The Morgan fingerprint density at radius 1 is 1.04 bits per heavy atom. The topological polar surface area (TPSA) is 59.0 Å². The Bertz CT molecular complexity index is 963. The molecular formula is C20H18N4OS. The Hall–Kier alpha value is -2.60. The summed E-state index contributed by atoms with van der Waals surface area (Å²) in [7, 11) is 0. The number of rotatable bonds is 2. The van der Waals surface area contributed by atoms with Crippen LogP contribution in [0.15, 0.2) is 48.8 Å². The third kappa shape index (κ3) is 2.61. The standard InChI is InChI=1S/C20H18N4OS/c25-20(24-11-13-5-1-2-6-14(13)12-24)18-17(21-9-10-22-18)19-23-15-7-3-4-8-16(15)26-19/h1-4,7-10,13-14H,5-6,11-12H2/t13-,14+. The first kappa shape index (κ1) is 15.6. The van der Waals surface area contributed by atoms with E-state index in [1.54, 1.807) is 23.7 Å². The van der Waals surface area contributed by atoms with Crippen LogP contribution in [0.1, 0.15) is 23.3 Å². The lowest BCUT2D eigenvalue weighted by Gasteiger charge is -2.17. The fourth-order valence-electron chi connectivity index (χ4n) is 3.95. The Kier molecular flexibility index (Phi) is 3.78. The largest absolute Gasteiger partial charge is 0.337 e. The summed E-state index contributed by atoms with van der Waals surface area (Å²) < 4.78 is 1.09. The quantitative estimate of drug-likeness (QED) is 0.651. The average Bonchev–Trinajstić information content (AvgIpc) is 3.31. The molecule has 3 aromatic rings. The highest BCUT2D eigenvalue weighted by atomic mass is 32.1. The maximum atomic E-state index is 13.2. The fraction of sp³-hybridized carbons (Fsp3) is 0.300. The monoisotopic (exact) mass is 362 g/mol.